The topological polar surface area (TPSA) is 113 Å². The normalized spacial score (nSPS) is 16.0. The molecule has 2 atom stereocenters. The predicted octanol–water partition coefficient (Wildman–Crippen LogP) is -0.215. The van der Waals surface area contributed by atoms with Crippen molar-refractivity contribution in [2.24, 2.45) is 22.6 Å². The average molecular weight is 202 g/mol. The Bertz CT molecular complexity index is 258. The average Bonchev–Trinajstić information content (AvgIpc) is 2.02. The molecule has 0 aliphatic carbocycles. The first-order valence-electron chi connectivity index (χ1n) is 4.08. The Labute approximate surface area is 81.4 Å². The molecule has 6 heteroatoms. The molecule has 0 aliphatic heterocycles. The number of nitrogens with two attached hydrogens (primary N) is 1. The monoisotopic (exact) mass is 202 g/mol. The lowest BCUT2D eigenvalue weighted by molar-refractivity contribution is -0.152. The molecule has 0 aromatic carbocycles. The van der Waals surface area contributed by atoms with Gasteiger partial charge in [-0.2, -0.15) is 0 Å². The van der Waals surface area contributed by atoms with Crippen LogP contribution in [-0.4, -0.2) is 34.5 Å². The fraction of sp³-hybridized carbons (Fsp3) is 0.625. The van der Waals surface area contributed by atoms with Crippen LogP contribution in [0.15, 0.2) is 4.99 Å². The zero-order valence-electron chi connectivity index (χ0n) is 8.10. The first-order valence-corrected chi connectivity index (χ1v) is 4.08. The van der Waals surface area contributed by atoms with Crippen molar-refractivity contribution in [3.63, 3.8) is 0 Å². The zero-order valence-corrected chi connectivity index (χ0v) is 8.10. The number of rotatable bonds is 5. The van der Waals surface area contributed by atoms with Gasteiger partial charge in [-0.3, -0.25) is 14.6 Å². The molecule has 0 saturated carbocycles. The molecule has 2 unspecified atom stereocenters. The van der Waals surface area contributed by atoms with Gasteiger partial charge in [0.15, 0.2) is 0 Å². The Kier molecular flexibility index (Phi) is 4.62. The van der Waals surface area contributed by atoms with E-state index < -0.39 is 23.8 Å². The first-order chi connectivity index (χ1) is 6.36. The minimum atomic E-state index is -1.18. The quantitative estimate of drug-likeness (QED) is 0.421. The molecule has 0 fully saturated rings. The summed E-state index contributed by atoms with van der Waals surface area (Å²) >= 11 is 0. The maximum atomic E-state index is 10.7. The standard InChI is InChI=1S/C8H14N2O4/c1-4(7(11)12)6(8(13)14)3-10-5(2)9/h4,6H,3H2,1-2H3,(H2,9,10)(H,11,12)(H,13,14). The van der Waals surface area contributed by atoms with E-state index in [4.69, 9.17) is 15.9 Å². The molecule has 0 aromatic heterocycles. The highest BCUT2D eigenvalue weighted by Gasteiger charge is 2.29. The van der Waals surface area contributed by atoms with Crippen molar-refractivity contribution in [1.82, 2.24) is 0 Å². The van der Waals surface area contributed by atoms with Crippen molar-refractivity contribution in [3.8, 4) is 0 Å². The molecule has 0 radical (unpaired) electrons. The van der Waals surface area contributed by atoms with E-state index >= 15 is 0 Å². The van der Waals surface area contributed by atoms with Crippen LogP contribution < -0.4 is 5.73 Å². The number of hydrogen-bond acceptors (Lipinski definition) is 3. The molecule has 6 nitrogen and oxygen atoms in total. The maximum absolute atomic E-state index is 10.7. The lowest BCUT2D eigenvalue weighted by Gasteiger charge is -2.13. The van der Waals surface area contributed by atoms with Gasteiger partial charge in [-0.05, 0) is 6.92 Å². The highest BCUT2D eigenvalue weighted by atomic mass is 16.4. The summed E-state index contributed by atoms with van der Waals surface area (Å²) < 4.78 is 0. The molecule has 0 bridgehead atoms. The van der Waals surface area contributed by atoms with Crippen molar-refractivity contribution in [1.29, 1.82) is 0 Å². The smallest absolute Gasteiger partial charge is 0.309 e. The molecule has 0 aromatic rings. The lowest BCUT2D eigenvalue weighted by Crippen LogP contribution is -2.30. The van der Waals surface area contributed by atoms with Crippen LogP contribution in [-0.2, 0) is 9.59 Å². The first kappa shape index (κ1) is 12.4. The van der Waals surface area contributed by atoms with Crippen molar-refractivity contribution in [2.75, 3.05) is 6.54 Å². The highest BCUT2D eigenvalue weighted by molar-refractivity contribution is 5.81. The van der Waals surface area contributed by atoms with Crippen molar-refractivity contribution < 1.29 is 19.8 Å². The van der Waals surface area contributed by atoms with Gasteiger partial charge in [0.1, 0.15) is 0 Å². The third kappa shape index (κ3) is 3.88. The number of carbonyl (C=O) groups is 2. The summed E-state index contributed by atoms with van der Waals surface area (Å²) in [4.78, 5) is 24.9. The summed E-state index contributed by atoms with van der Waals surface area (Å²) in [7, 11) is 0. The van der Waals surface area contributed by atoms with E-state index in [1.165, 1.54) is 13.8 Å². The minimum Gasteiger partial charge on any atom is -0.481 e. The lowest BCUT2D eigenvalue weighted by atomic mass is 9.94. The van der Waals surface area contributed by atoms with Gasteiger partial charge in [0.2, 0.25) is 0 Å². The number of hydrogen-bond donors (Lipinski definition) is 3. The van der Waals surface area contributed by atoms with E-state index in [1.807, 2.05) is 0 Å². The summed E-state index contributed by atoms with van der Waals surface area (Å²) in [6, 6.07) is 0. The largest absolute Gasteiger partial charge is 0.481 e. The molecule has 0 amide bonds. The van der Waals surface area contributed by atoms with Crippen LogP contribution >= 0.6 is 0 Å². The van der Waals surface area contributed by atoms with Crippen LogP contribution in [0.4, 0.5) is 0 Å². The van der Waals surface area contributed by atoms with Gasteiger partial charge < -0.3 is 15.9 Å². The summed E-state index contributed by atoms with van der Waals surface area (Å²) in [6.45, 7) is 2.75. The van der Waals surface area contributed by atoms with Crippen LogP contribution in [0.3, 0.4) is 0 Å². The molecule has 80 valence electrons. The molecule has 14 heavy (non-hydrogen) atoms. The van der Waals surface area contributed by atoms with Gasteiger partial charge in [0.25, 0.3) is 0 Å². The summed E-state index contributed by atoms with van der Waals surface area (Å²) in [5, 5.41) is 17.4. The predicted molar refractivity (Wildman–Crippen MR) is 50.1 cm³/mol. The third-order valence-corrected chi connectivity index (χ3v) is 1.85. The number of carboxylic acid groups (broad SMARTS) is 2. The van der Waals surface area contributed by atoms with Crippen molar-refractivity contribution in [2.45, 2.75) is 13.8 Å². The zero-order chi connectivity index (χ0) is 11.3. The van der Waals surface area contributed by atoms with Crippen LogP contribution in [0.2, 0.25) is 0 Å². The number of amidine groups is 1. The Morgan fingerprint density at radius 1 is 1.36 bits per heavy atom. The minimum absolute atomic E-state index is 0.106. The van der Waals surface area contributed by atoms with Gasteiger partial charge in [0.05, 0.1) is 24.2 Å². The third-order valence-electron chi connectivity index (χ3n) is 1.85. The molecule has 0 spiro atoms. The van der Waals surface area contributed by atoms with Crippen LogP contribution in [0.25, 0.3) is 0 Å². The molecular formula is C8H14N2O4. The van der Waals surface area contributed by atoms with E-state index in [0.29, 0.717) is 0 Å². The Hall–Kier alpha value is -1.59. The maximum Gasteiger partial charge on any atom is 0.309 e. The van der Waals surface area contributed by atoms with Gasteiger partial charge in [-0.15, -0.1) is 0 Å². The van der Waals surface area contributed by atoms with Crippen molar-refractivity contribution >= 4 is 17.8 Å². The van der Waals surface area contributed by atoms with E-state index in [0.717, 1.165) is 0 Å². The van der Waals surface area contributed by atoms with Gasteiger partial charge >= 0.3 is 11.9 Å². The van der Waals surface area contributed by atoms with Gasteiger partial charge in [0, 0.05) is 0 Å². The Balaban J connectivity index is 4.53. The van der Waals surface area contributed by atoms with Crippen molar-refractivity contribution in [3.05, 3.63) is 0 Å². The van der Waals surface area contributed by atoms with Crippen LogP contribution in [0.5, 0.6) is 0 Å². The fourth-order valence-corrected chi connectivity index (χ4v) is 0.865. The van der Waals surface area contributed by atoms with E-state index in [1.54, 1.807) is 0 Å². The summed E-state index contributed by atoms with van der Waals surface area (Å²) in [5.74, 6) is -4.09. The number of aliphatic imine (C=N–C) groups is 1. The molecule has 4 N–H and O–H groups in total. The second-order valence-electron chi connectivity index (χ2n) is 3.05. The number of nitrogens with zero attached hydrogens (tertiary/aromatic N) is 1. The fourth-order valence-electron chi connectivity index (χ4n) is 0.865. The van der Waals surface area contributed by atoms with Gasteiger partial charge in [-0.25, -0.2) is 0 Å². The van der Waals surface area contributed by atoms with Gasteiger partial charge in [-0.1, -0.05) is 6.92 Å². The summed E-state index contributed by atoms with van der Waals surface area (Å²) in [5.41, 5.74) is 5.23. The molecule has 0 rings (SSSR count). The number of carboxylic acids is 2. The second-order valence-corrected chi connectivity index (χ2v) is 3.05. The molecular weight excluding hydrogens is 188 g/mol. The Morgan fingerprint density at radius 2 is 1.86 bits per heavy atom. The Morgan fingerprint density at radius 3 is 2.14 bits per heavy atom. The molecule has 0 aliphatic rings. The van der Waals surface area contributed by atoms with Crippen LogP contribution in [0, 0.1) is 11.8 Å². The van der Waals surface area contributed by atoms with E-state index in [2.05, 4.69) is 4.99 Å². The van der Waals surface area contributed by atoms with Crippen LogP contribution in [0.1, 0.15) is 13.8 Å². The molecule has 0 saturated heterocycles. The second kappa shape index (κ2) is 5.21. The highest BCUT2D eigenvalue weighted by Crippen LogP contribution is 2.12. The number of aliphatic carboxylic acids is 2. The SMILES string of the molecule is CC(N)=NCC(C(=O)O)C(C)C(=O)O. The summed E-state index contributed by atoms with van der Waals surface area (Å²) in [6.07, 6.45) is 0. The van der Waals surface area contributed by atoms with E-state index in [-0.39, 0.29) is 12.4 Å². The molecule has 0 heterocycles. The van der Waals surface area contributed by atoms with E-state index in [9.17, 15) is 9.59 Å².